The van der Waals surface area contributed by atoms with Crippen LogP contribution in [0.4, 0.5) is 5.69 Å². The second-order valence-electron chi connectivity index (χ2n) is 7.26. The Morgan fingerprint density at radius 2 is 1.59 bits per heavy atom. The molecule has 0 aliphatic carbocycles. The molecular formula is C24H17ClN2O2. The lowest BCUT2D eigenvalue weighted by Gasteiger charge is -2.18. The van der Waals surface area contributed by atoms with Crippen LogP contribution in [0.5, 0.6) is 0 Å². The Bertz CT molecular complexity index is 1270. The van der Waals surface area contributed by atoms with Crippen LogP contribution in [0.2, 0.25) is 5.02 Å². The van der Waals surface area contributed by atoms with Crippen molar-refractivity contribution < 1.29 is 9.59 Å². The first-order valence-electron chi connectivity index (χ1n) is 9.35. The molecule has 1 aromatic heterocycles. The smallest absolute Gasteiger partial charge is 0.266 e. The van der Waals surface area contributed by atoms with Crippen molar-refractivity contribution in [2.75, 3.05) is 4.90 Å². The van der Waals surface area contributed by atoms with Crippen molar-refractivity contribution >= 4 is 40.0 Å². The van der Waals surface area contributed by atoms with Gasteiger partial charge in [-0.1, -0.05) is 35.9 Å². The van der Waals surface area contributed by atoms with Crippen LogP contribution in [-0.2, 0) is 6.54 Å². The van der Waals surface area contributed by atoms with Gasteiger partial charge < -0.3 is 4.57 Å². The number of nitrogens with zero attached hydrogens (tertiary/aromatic N) is 2. The van der Waals surface area contributed by atoms with Crippen LogP contribution < -0.4 is 4.90 Å². The maximum atomic E-state index is 12.8. The van der Waals surface area contributed by atoms with E-state index in [1.54, 1.807) is 24.3 Å². The van der Waals surface area contributed by atoms with Crippen LogP contribution in [-0.4, -0.2) is 16.4 Å². The maximum Gasteiger partial charge on any atom is 0.266 e. The van der Waals surface area contributed by atoms with Crippen molar-refractivity contribution in [3.05, 3.63) is 100 Å². The number of benzene rings is 3. The summed E-state index contributed by atoms with van der Waals surface area (Å²) in [5.74, 6) is -0.538. The molecule has 5 heteroatoms. The summed E-state index contributed by atoms with van der Waals surface area (Å²) in [6, 6.07) is 20.7. The van der Waals surface area contributed by atoms with Crippen LogP contribution >= 0.6 is 11.6 Å². The van der Waals surface area contributed by atoms with Crippen molar-refractivity contribution in [2.45, 2.75) is 13.5 Å². The lowest BCUT2D eigenvalue weighted by Crippen LogP contribution is -2.30. The molecule has 0 fully saturated rings. The van der Waals surface area contributed by atoms with E-state index in [1.807, 2.05) is 55.6 Å². The van der Waals surface area contributed by atoms with Gasteiger partial charge in [-0.2, -0.15) is 0 Å². The van der Waals surface area contributed by atoms with E-state index in [-0.39, 0.29) is 11.8 Å². The van der Waals surface area contributed by atoms with Crippen molar-refractivity contribution in [1.29, 1.82) is 0 Å². The zero-order valence-corrected chi connectivity index (χ0v) is 16.5. The van der Waals surface area contributed by atoms with Gasteiger partial charge in [0, 0.05) is 28.7 Å². The van der Waals surface area contributed by atoms with Crippen molar-refractivity contribution in [3.8, 4) is 0 Å². The molecule has 4 aromatic rings. The molecule has 29 heavy (non-hydrogen) atoms. The highest BCUT2D eigenvalue weighted by atomic mass is 35.5. The van der Waals surface area contributed by atoms with Crippen LogP contribution in [0.1, 0.15) is 31.8 Å². The minimum absolute atomic E-state index is 0.269. The fraction of sp³-hybridized carbons (Fsp3) is 0.0833. The Balaban J connectivity index is 1.47. The highest BCUT2D eigenvalue weighted by Gasteiger charge is 2.36. The highest BCUT2D eigenvalue weighted by Crippen LogP contribution is 2.31. The van der Waals surface area contributed by atoms with Crippen LogP contribution in [0.3, 0.4) is 0 Å². The summed E-state index contributed by atoms with van der Waals surface area (Å²) in [4.78, 5) is 26.8. The van der Waals surface area contributed by atoms with Crippen LogP contribution in [0, 0.1) is 6.92 Å². The first kappa shape index (κ1) is 17.7. The molecule has 0 unspecified atom stereocenters. The minimum Gasteiger partial charge on any atom is -0.343 e. The summed E-state index contributed by atoms with van der Waals surface area (Å²) in [5.41, 5.74) is 4.63. The van der Waals surface area contributed by atoms with Crippen molar-refractivity contribution in [1.82, 2.24) is 4.57 Å². The highest BCUT2D eigenvalue weighted by molar-refractivity contribution is 6.34. The van der Waals surface area contributed by atoms with Gasteiger partial charge in [0.25, 0.3) is 11.8 Å². The number of carbonyl (C=O) groups excluding carboxylic acids is 2. The van der Waals surface area contributed by atoms with Gasteiger partial charge in [-0.3, -0.25) is 9.59 Å². The summed E-state index contributed by atoms with van der Waals surface area (Å²) in [5, 5.41) is 1.81. The van der Waals surface area contributed by atoms with Gasteiger partial charge in [0.15, 0.2) is 0 Å². The molecule has 142 valence electrons. The number of aryl methyl sites for hydroxylation is 1. The number of aromatic nitrogens is 1. The Labute approximate surface area is 172 Å². The van der Waals surface area contributed by atoms with Gasteiger partial charge in [-0.25, -0.2) is 4.90 Å². The summed E-state index contributed by atoms with van der Waals surface area (Å²) < 4.78 is 2.15. The number of rotatable bonds is 3. The predicted octanol–water partition coefficient (Wildman–Crippen LogP) is 5.45. The Kier molecular flexibility index (Phi) is 4.03. The number of fused-ring (bicyclic) bond motifs is 2. The van der Waals surface area contributed by atoms with E-state index in [9.17, 15) is 9.59 Å². The third-order valence-electron chi connectivity index (χ3n) is 5.38. The molecule has 0 radical (unpaired) electrons. The van der Waals surface area contributed by atoms with E-state index in [2.05, 4.69) is 4.57 Å². The average Bonchev–Trinajstić information content (AvgIpc) is 3.21. The van der Waals surface area contributed by atoms with Gasteiger partial charge in [0.05, 0.1) is 16.8 Å². The number of amides is 2. The molecule has 0 atom stereocenters. The number of halogens is 1. The number of hydrogen-bond acceptors (Lipinski definition) is 2. The number of carbonyl (C=O) groups is 2. The molecule has 4 nitrogen and oxygen atoms in total. The summed E-state index contributed by atoms with van der Waals surface area (Å²) in [7, 11) is 0. The molecule has 0 saturated heterocycles. The molecule has 0 saturated carbocycles. The Morgan fingerprint density at radius 1 is 0.862 bits per heavy atom. The monoisotopic (exact) mass is 400 g/mol. The molecule has 1 aliphatic rings. The molecular weight excluding hydrogens is 384 g/mol. The normalized spacial score (nSPS) is 13.4. The third kappa shape index (κ3) is 2.84. The fourth-order valence-corrected chi connectivity index (χ4v) is 4.16. The summed E-state index contributed by atoms with van der Waals surface area (Å²) in [6.45, 7) is 2.62. The van der Waals surface area contributed by atoms with Crippen molar-refractivity contribution in [2.24, 2.45) is 0 Å². The van der Waals surface area contributed by atoms with E-state index in [4.69, 9.17) is 11.6 Å². The van der Waals surface area contributed by atoms with Gasteiger partial charge in [-0.05, 0) is 60.5 Å². The molecule has 5 rings (SSSR count). The van der Waals surface area contributed by atoms with Crippen LogP contribution in [0.25, 0.3) is 10.9 Å². The maximum absolute atomic E-state index is 12.8. The number of imide groups is 1. The topological polar surface area (TPSA) is 42.3 Å². The third-order valence-corrected chi connectivity index (χ3v) is 5.62. The Hall–Kier alpha value is -3.37. The van der Waals surface area contributed by atoms with E-state index < -0.39 is 0 Å². The van der Waals surface area contributed by atoms with E-state index in [0.29, 0.717) is 23.4 Å². The number of anilines is 1. The SMILES string of the molecule is Cc1cc(Cn2ccc3cc(Cl)ccc32)ccc1N1C(=O)c2ccccc2C1=O. The largest absolute Gasteiger partial charge is 0.343 e. The first-order chi connectivity index (χ1) is 14.0. The van der Waals surface area contributed by atoms with Crippen molar-refractivity contribution in [3.63, 3.8) is 0 Å². The quantitative estimate of drug-likeness (QED) is 0.429. The molecule has 0 N–H and O–H groups in total. The average molecular weight is 401 g/mol. The molecule has 2 amide bonds. The van der Waals surface area contributed by atoms with Gasteiger partial charge >= 0.3 is 0 Å². The van der Waals surface area contributed by atoms with E-state index in [0.717, 1.165) is 27.1 Å². The first-order valence-corrected chi connectivity index (χ1v) is 9.72. The summed E-state index contributed by atoms with van der Waals surface area (Å²) >= 11 is 6.08. The van der Waals surface area contributed by atoms with E-state index >= 15 is 0 Å². The second kappa shape index (κ2) is 6.61. The molecule has 3 aromatic carbocycles. The molecule has 1 aliphatic heterocycles. The molecule has 0 bridgehead atoms. The summed E-state index contributed by atoms with van der Waals surface area (Å²) in [6.07, 6.45) is 2.04. The van der Waals surface area contributed by atoms with Gasteiger partial charge in [0.2, 0.25) is 0 Å². The van der Waals surface area contributed by atoms with Gasteiger partial charge in [-0.15, -0.1) is 0 Å². The zero-order chi connectivity index (χ0) is 20.1. The zero-order valence-electron chi connectivity index (χ0n) is 15.7. The number of hydrogen-bond donors (Lipinski definition) is 0. The van der Waals surface area contributed by atoms with E-state index in [1.165, 1.54) is 4.90 Å². The fourth-order valence-electron chi connectivity index (χ4n) is 3.98. The predicted molar refractivity (Wildman–Crippen MR) is 115 cm³/mol. The minimum atomic E-state index is -0.269. The Morgan fingerprint density at radius 3 is 2.28 bits per heavy atom. The van der Waals surface area contributed by atoms with Gasteiger partial charge in [0.1, 0.15) is 0 Å². The lowest BCUT2D eigenvalue weighted by molar-refractivity contribution is 0.0926. The molecule has 2 heterocycles. The standard InChI is InChI=1S/C24H17ClN2O2/c1-15-12-16(14-26-11-10-17-13-18(25)7-9-22(17)26)6-8-21(15)27-23(28)19-4-2-3-5-20(19)24(27)29/h2-13H,14H2,1H3. The second-order valence-corrected chi connectivity index (χ2v) is 7.70. The molecule has 0 spiro atoms. The lowest BCUT2D eigenvalue weighted by atomic mass is 10.1. The van der Waals surface area contributed by atoms with Crippen LogP contribution in [0.15, 0.2) is 72.9 Å².